The number of ether oxygens (including phenoxy) is 2. The zero-order valence-electron chi connectivity index (χ0n) is 17.1. The molecule has 28 heavy (non-hydrogen) atoms. The molecule has 1 aliphatic heterocycles. The lowest BCUT2D eigenvalue weighted by Gasteiger charge is -2.34. The highest BCUT2D eigenvalue weighted by Crippen LogP contribution is 2.22. The Morgan fingerprint density at radius 2 is 2.14 bits per heavy atom. The Morgan fingerprint density at radius 3 is 2.86 bits per heavy atom. The number of guanidine groups is 1. The molecule has 1 aromatic heterocycles. The topological polar surface area (TPSA) is 63.9 Å². The average molecular weight is 386 g/mol. The Morgan fingerprint density at radius 1 is 1.32 bits per heavy atom. The zero-order valence-corrected chi connectivity index (χ0v) is 17.1. The van der Waals surface area contributed by atoms with Crippen molar-refractivity contribution in [2.24, 2.45) is 12.0 Å². The summed E-state index contributed by atoms with van der Waals surface area (Å²) >= 11 is 0. The molecule has 1 fully saturated rings. The Labute approximate surface area is 167 Å². The summed E-state index contributed by atoms with van der Waals surface area (Å²) in [5.74, 6) is 0.922. The van der Waals surface area contributed by atoms with Crippen molar-refractivity contribution in [3.8, 4) is 0 Å². The van der Waals surface area contributed by atoms with Crippen molar-refractivity contribution in [2.45, 2.75) is 33.1 Å². The smallest absolute Gasteiger partial charge is 0.194 e. The van der Waals surface area contributed by atoms with E-state index >= 15 is 0 Å². The van der Waals surface area contributed by atoms with Crippen molar-refractivity contribution >= 4 is 5.96 Å². The number of aromatic nitrogens is 2. The van der Waals surface area contributed by atoms with Crippen LogP contribution in [-0.4, -0.2) is 53.5 Å². The van der Waals surface area contributed by atoms with Gasteiger partial charge in [-0.2, -0.15) is 5.10 Å². The van der Waals surface area contributed by atoms with E-state index in [0.29, 0.717) is 26.4 Å². The zero-order chi connectivity index (χ0) is 19.8. The second-order valence-corrected chi connectivity index (χ2v) is 6.83. The van der Waals surface area contributed by atoms with Crippen molar-refractivity contribution in [3.05, 3.63) is 53.3 Å². The molecule has 0 saturated carbocycles. The molecule has 7 nitrogen and oxygen atoms in total. The van der Waals surface area contributed by atoms with Gasteiger partial charge in [-0.15, -0.1) is 0 Å². The first-order chi connectivity index (χ1) is 13.7. The van der Waals surface area contributed by atoms with Crippen molar-refractivity contribution in [1.82, 2.24) is 20.0 Å². The van der Waals surface area contributed by atoms with E-state index in [2.05, 4.69) is 40.4 Å². The van der Waals surface area contributed by atoms with Gasteiger partial charge in [-0.3, -0.25) is 4.68 Å². The monoisotopic (exact) mass is 385 g/mol. The molecule has 0 bridgehead atoms. The van der Waals surface area contributed by atoms with E-state index in [1.54, 1.807) is 0 Å². The lowest BCUT2D eigenvalue weighted by Crippen LogP contribution is -2.48. The van der Waals surface area contributed by atoms with Gasteiger partial charge >= 0.3 is 0 Å². The van der Waals surface area contributed by atoms with Crippen LogP contribution in [0.1, 0.15) is 36.6 Å². The Balaban J connectivity index is 1.72. The quantitative estimate of drug-likeness (QED) is 0.586. The third-order valence-electron chi connectivity index (χ3n) is 4.78. The summed E-state index contributed by atoms with van der Waals surface area (Å²) in [6.45, 7) is 9.16. The van der Waals surface area contributed by atoms with Gasteiger partial charge in [0, 0.05) is 38.5 Å². The predicted molar refractivity (Wildman–Crippen MR) is 110 cm³/mol. The second-order valence-electron chi connectivity index (χ2n) is 6.83. The summed E-state index contributed by atoms with van der Waals surface area (Å²) in [5.41, 5.74) is 3.49. The van der Waals surface area contributed by atoms with E-state index in [1.165, 1.54) is 11.1 Å². The molecule has 1 aromatic carbocycles. The summed E-state index contributed by atoms with van der Waals surface area (Å²) in [4.78, 5) is 7.18. The van der Waals surface area contributed by atoms with Crippen LogP contribution in [0.5, 0.6) is 0 Å². The lowest BCUT2D eigenvalue weighted by atomic mass is 10.1. The molecule has 2 heterocycles. The summed E-state index contributed by atoms with van der Waals surface area (Å²) in [5, 5.41) is 7.70. The van der Waals surface area contributed by atoms with Crippen molar-refractivity contribution in [2.75, 3.05) is 32.8 Å². The average Bonchev–Trinajstić information content (AvgIpc) is 3.16. The number of nitrogens with zero attached hydrogens (tertiary/aromatic N) is 4. The number of aliphatic imine (C=N–C) groups is 1. The van der Waals surface area contributed by atoms with E-state index in [0.717, 1.165) is 31.2 Å². The van der Waals surface area contributed by atoms with Crippen LogP contribution < -0.4 is 5.32 Å². The van der Waals surface area contributed by atoms with Gasteiger partial charge in [0.1, 0.15) is 6.10 Å². The van der Waals surface area contributed by atoms with Crippen LogP contribution in [0, 0.1) is 0 Å². The maximum absolute atomic E-state index is 5.97. The molecule has 1 saturated heterocycles. The molecule has 1 unspecified atom stereocenters. The molecule has 1 aliphatic rings. The summed E-state index contributed by atoms with van der Waals surface area (Å²) < 4.78 is 13.4. The highest BCUT2D eigenvalue weighted by atomic mass is 16.5. The molecule has 7 heteroatoms. The number of morpholine rings is 1. The van der Waals surface area contributed by atoms with Gasteiger partial charge in [0.15, 0.2) is 5.96 Å². The number of rotatable bonds is 7. The fourth-order valence-corrected chi connectivity index (χ4v) is 3.30. The Kier molecular flexibility index (Phi) is 7.45. The molecule has 0 amide bonds. The van der Waals surface area contributed by atoms with Gasteiger partial charge in [-0.25, -0.2) is 4.99 Å². The molecule has 0 spiro atoms. The van der Waals surface area contributed by atoms with Gasteiger partial charge in [-0.05, 0) is 25.0 Å². The third kappa shape index (κ3) is 5.33. The number of aryl methyl sites for hydroxylation is 1. The standard InChI is InChI=1S/C21H31N5O2/c1-4-22-21(23-12-17-8-6-7-9-18(17)16-27-5-2)26-10-11-28-20(15-26)19-13-24-25(3)14-19/h6-9,13-14,20H,4-5,10-12,15-16H2,1-3H3,(H,22,23). The molecule has 0 radical (unpaired) electrons. The first-order valence-electron chi connectivity index (χ1n) is 9.99. The molecular weight excluding hydrogens is 354 g/mol. The van der Waals surface area contributed by atoms with E-state index in [4.69, 9.17) is 14.5 Å². The van der Waals surface area contributed by atoms with Crippen LogP contribution in [-0.2, 0) is 29.7 Å². The maximum Gasteiger partial charge on any atom is 0.194 e. The molecular formula is C21H31N5O2. The van der Waals surface area contributed by atoms with E-state index in [-0.39, 0.29) is 6.10 Å². The minimum Gasteiger partial charge on any atom is -0.377 e. The predicted octanol–water partition coefficient (Wildman–Crippen LogP) is 2.50. The summed E-state index contributed by atoms with van der Waals surface area (Å²) in [6.07, 6.45) is 3.90. The number of benzene rings is 1. The van der Waals surface area contributed by atoms with Gasteiger partial charge in [0.2, 0.25) is 0 Å². The summed E-state index contributed by atoms with van der Waals surface area (Å²) in [7, 11) is 1.93. The van der Waals surface area contributed by atoms with Gasteiger partial charge < -0.3 is 19.7 Å². The molecule has 152 valence electrons. The van der Waals surface area contributed by atoms with Crippen LogP contribution in [0.4, 0.5) is 0 Å². The number of hydrogen-bond acceptors (Lipinski definition) is 4. The van der Waals surface area contributed by atoms with Crippen LogP contribution in [0.25, 0.3) is 0 Å². The van der Waals surface area contributed by atoms with Gasteiger partial charge in [-0.1, -0.05) is 24.3 Å². The first-order valence-corrected chi connectivity index (χ1v) is 9.99. The third-order valence-corrected chi connectivity index (χ3v) is 4.78. The normalized spacial score (nSPS) is 17.8. The van der Waals surface area contributed by atoms with Gasteiger partial charge in [0.05, 0.1) is 32.5 Å². The van der Waals surface area contributed by atoms with E-state index in [9.17, 15) is 0 Å². The van der Waals surface area contributed by atoms with E-state index < -0.39 is 0 Å². The molecule has 1 N–H and O–H groups in total. The second kappa shape index (κ2) is 10.2. The van der Waals surface area contributed by atoms with Crippen molar-refractivity contribution < 1.29 is 9.47 Å². The minimum atomic E-state index is 0.0107. The van der Waals surface area contributed by atoms with E-state index in [1.807, 2.05) is 37.1 Å². The van der Waals surface area contributed by atoms with Crippen LogP contribution in [0.15, 0.2) is 41.7 Å². The fraction of sp³-hybridized carbons (Fsp3) is 0.524. The van der Waals surface area contributed by atoms with Crippen molar-refractivity contribution in [1.29, 1.82) is 0 Å². The maximum atomic E-state index is 5.97. The highest BCUT2D eigenvalue weighted by molar-refractivity contribution is 5.80. The largest absolute Gasteiger partial charge is 0.377 e. The highest BCUT2D eigenvalue weighted by Gasteiger charge is 2.25. The fourth-order valence-electron chi connectivity index (χ4n) is 3.30. The molecule has 0 aliphatic carbocycles. The van der Waals surface area contributed by atoms with Gasteiger partial charge in [0.25, 0.3) is 0 Å². The lowest BCUT2D eigenvalue weighted by molar-refractivity contribution is -0.00805. The first kappa shape index (κ1) is 20.4. The number of nitrogens with one attached hydrogen (secondary N) is 1. The molecule has 3 rings (SSSR count). The Bertz CT molecular complexity index is 774. The number of hydrogen-bond donors (Lipinski definition) is 1. The minimum absolute atomic E-state index is 0.0107. The molecule has 1 atom stereocenters. The van der Waals surface area contributed by atoms with Crippen molar-refractivity contribution in [3.63, 3.8) is 0 Å². The van der Waals surface area contributed by atoms with Crippen LogP contribution in [0.2, 0.25) is 0 Å². The molecule has 2 aromatic rings. The van der Waals surface area contributed by atoms with Crippen LogP contribution >= 0.6 is 0 Å². The SMILES string of the molecule is CCNC(=NCc1ccccc1COCC)N1CCOC(c2cnn(C)c2)C1. The Hall–Kier alpha value is -2.38. The van der Waals surface area contributed by atoms with Crippen LogP contribution in [0.3, 0.4) is 0 Å². The summed E-state index contributed by atoms with van der Waals surface area (Å²) in [6, 6.07) is 8.34.